The third kappa shape index (κ3) is 5.94. The zero-order valence-corrected chi connectivity index (χ0v) is 21.4. The van der Waals surface area contributed by atoms with Crippen molar-refractivity contribution in [1.82, 2.24) is 19.7 Å². The fourth-order valence-corrected chi connectivity index (χ4v) is 5.16. The van der Waals surface area contributed by atoms with E-state index >= 15 is 0 Å². The highest BCUT2D eigenvalue weighted by Gasteiger charge is 2.24. The number of nitrogens with zero attached hydrogens (tertiary/aromatic N) is 5. The molecule has 37 heavy (non-hydrogen) atoms. The number of benzene rings is 3. The molecule has 0 N–H and O–H groups in total. The van der Waals surface area contributed by atoms with Gasteiger partial charge in [0.05, 0.1) is 5.75 Å². The van der Waals surface area contributed by atoms with Gasteiger partial charge in [-0.15, -0.1) is 10.2 Å². The molecule has 1 saturated heterocycles. The molecule has 2 heterocycles. The number of rotatable bonds is 8. The van der Waals surface area contributed by atoms with Gasteiger partial charge < -0.3 is 14.5 Å². The van der Waals surface area contributed by atoms with Crippen LogP contribution in [-0.4, -0.2) is 57.5 Å². The van der Waals surface area contributed by atoms with Gasteiger partial charge in [-0.2, -0.15) is 0 Å². The van der Waals surface area contributed by atoms with E-state index < -0.39 is 6.10 Å². The van der Waals surface area contributed by atoms with E-state index in [1.807, 2.05) is 64.9 Å². The highest BCUT2D eigenvalue weighted by atomic mass is 32.2. The molecule has 1 fully saturated rings. The number of hydrogen-bond acceptors (Lipinski definition) is 6. The second-order valence-electron chi connectivity index (χ2n) is 8.72. The van der Waals surface area contributed by atoms with Crippen LogP contribution < -0.4 is 9.64 Å². The lowest BCUT2D eigenvalue weighted by atomic mass is 10.2. The maximum atomic E-state index is 13.3. The van der Waals surface area contributed by atoms with Crippen molar-refractivity contribution in [3.8, 4) is 11.4 Å². The van der Waals surface area contributed by atoms with Crippen LogP contribution in [0.1, 0.15) is 18.9 Å². The lowest BCUT2D eigenvalue weighted by Gasteiger charge is -2.36. The van der Waals surface area contributed by atoms with E-state index in [1.54, 1.807) is 12.1 Å². The quantitative estimate of drug-likeness (QED) is 0.307. The smallest absolute Gasteiger partial charge is 0.233 e. The molecule has 1 amide bonds. The minimum Gasteiger partial charge on any atom is -0.483 e. The second-order valence-corrected chi connectivity index (χ2v) is 9.66. The lowest BCUT2D eigenvalue weighted by Crippen LogP contribution is -2.49. The number of para-hydroxylation sites is 2. The SMILES string of the molecule is CC(Oc1ccc(F)cc1)c1nnc(SCC(=O)N2CCN(c3ccccc3)CC2)n1-c1ccccc1. The Morgan fingerprint density at radius 2 is 1.51 bits per heavy atom. The van der Waals surface area contributed by atoms with Crippen LogP contribution in [-0.2, 0) is 4.79 Å². The summed E-state index contributed by atoms with van der Waals surface area (Å²) in [5.74, 6) is 1.16. The van der Waals surface area contributed by atoms with E-state index in [0.29, 0.717) is 29.8 Å². The predicted molar refractivity (Wildman–Crippen MR) is 143 cm³/mol. The Morgan fingerprint density at radius 3 is 2.16 bits per heavy atom. The molecule has 0 saturated carbocycles. The van der Waals surface area contributed by atoms with Gasteiger partial charge >= 0.3 is 0 Å². The summed E-state index contributed by atoms with van der Waals surface area (Å²) < 4.78 is 21.2. The topological polar surface area (TPSA) is 63.5 Å². The van der Waals surface area contributed by atoms with Crippen LogP contribution in [0, 0.1) is 5.82 Å². The zero-order valence-electron chi connectivity index (χ0n) is 20.5. The van der Waals surface area contributed by atoms with Gasteiger partial charge in [0.25, 0.3) is 0 Å². The van der Waals surface area contributed by atoms with Crippen LogP contribution in [0.25, 0.3) is 5.69 Å². The predicted octanol–water partition coefficient (Wildman–Crippen LogP) is 4.99. The first-order valence-electron chi connectivity index (χ1n) is 12.2. The molecule has 0 spiro atoms. The minimum absolute atomic E-state index is 0.0810. The standard InChI is InChI=1S/C28H28FN5O2S/c1-21(36-25-14-12-22(29)13-15-25)27-30-31-28(34(27)24-10-6-3-7-11-24)37-20-26(35)33-18-16-32(17-19-33)23-8-4-2-5-9-23/h2-15,21H,16-20H2,1H3. The molecule has 5 rings (SSSR count). The van der Waals surface area contributed by atoms with Gasteiger partial charge in [0.2, 0.25) is 5.91 Å². The van der Waals surface area contributed by atoms with Gasteiger partial charge in [0.15, 0.2) is 17.1 Å². The number of hydrogen-bond donors (Lipinski definition) is 0. The highest BCUT2D eigenvalue weighted by Crippen LogP contribution is 2.28. The van der Waals surface area contributed by atoms with Crippen molar-refractivity contribution in [1.29, 1.82) is 0 Å². The molecule has 1 aliphatic heterocycles. The Bertz CT molecular complexity index is 1310. The molecule has 0 radical (unpaired) electrons. The molecule has 1 aliphatic rings. The summed E-state index contributed by atoms with van der Waals surface area (Å²) >= 11 is 1.37. The molecular formula is C28H28FN5O2S. The molecule has 3 aromatic carbocycles. The summed E-state index contributed by atoms with van der Waals surface area (Å²) in [5.41, 5.74) is 2.06. The number of aromatic nitrogens is 3. The third-order valence-electron chi connectivity index (χ3n) is 6.24. The van der Waals surface area contributed by atoms with Crippen LogP contribution in [0.5, 0.6) is 5.75 Å². The molecule has 0 bridgehead atoms. The minimum atomic E-state index is -0.450. The van der Waals surface area contributed by atoms with Crippen molar-refractivity contribution in [2.75, 3.05) is 36.8 Å². The lowest BCUT2D eigenvalue weighted by molar-refractivity contribution is -0.128. The first-order chi connectivity index (χ1) is 18.1. The monoisotopic (exact) mass is 517 g/mol. The number of carbonyl (C=O) groups is 1. The van der Waals surface area contributed by atoms with Gasteiger partial charge in [0, 0.05) is 37.6 Å². The largest absolute Gasteiger partial charge is 0.483 e. The van der Waals surface area contributed by atoms with Crippen molar-refractivity contribution >= 4 is 23.4 Å². The van der Waals surface area contributed by atoms with Gasteiger partial charge in [0.1, 0.15) is 11.6 Å². The van der Waals surface area contributed by atoms with Gasteiger partial charge in [-0.1, -0.05) is 48.2 Å². The molecule has 9 heteroatoms. The summed E-state index contributed by atoms with van der Waals surface area (Å²) in [5, 5.41) is 9.41. The van der Waals surface area contributed by atoms with Crippen molar-refractivity contribution in [2.45, 2.75) is 18.2 Å². The Balaban J connectivity index is 1.27. The molecule has 0 aliphatic carbocycles. The van der Waals surface area contributed by atoms with Crippen molar-refractivity contribution < 1.29 is 13.9 Å². The first-order valence-corrected chi connectivity index (χ1v) is 13.2. The Kier molecular flexibility index (Phi) is 7.70. The van der Waals surface area contributed by atoms with E-state index in [2.05, 4.69) is 27.2 Å². The van der Waals surface area contributed by atoms with Gasteiger partial charge in [-0.3, -0.25) is 9.36 Å². The third-order valence-corrected chi connectivity index (χ3v) is 7.16. The average Bonchev–Trinajstić information content (AvgIpc) is 3.38. The number of thioether (sulfide) groups is 1. The molecular weight excluding hydrogens is 489 g/mol. The van der Waals surface area contributed by atoms with Gasteiger partial charge in [-0.25, -0.2) is 4.39 Å². The normalized spacial score (nSPS) is 14.4. The second kappa shape index (κ2) is 11.5. The average molecular weight is 518 g/mol. The summed E-state index contributed by atoms with van der Waals surface area (Å²) in [6.07, 6.45) is -0.450. The zero-order chi connectivity index (χ0) is 25.6. The van der Waals surface area contributed by atoms with Crippen molar-refractivity contribution in [3.63, 3.8) is 0 Å². The fraction of sp³-hybridized carbons (Fsp3) is 0.250. The number of amides is 1. The summed E-state index contributed by atoms with van der Waals surface area (Å²) in [4.78, 5) is 17.3. The number of carbonyl (C=O) groups excluding carboxylic acids is 1. The summed E-state index contributed by atoms with van der Waals surface area (Å²) in [6.45, 7) is 4.87. The Morgan fingerprint density at radius 1 is 0.892 bits per heavy atom. The highest BCUT2D eigenvalue weighted by molar-refractivity contribution is 7.99. The van der Waals surface area contributed by atoms with Crippen molar-refractivity contribution in [3.05, 3.63) is 96.6 Å². The molecule has 1 aromatic heterocycles. The molecule has 7 nitrogen and oxygen atoms in total. The molecule has 1 atom stereocenters. The summed E-state index contributed by atoms with van der Waals surface area (Å²) in [6, 6.07) is 25.9. The maximum Gasteiger partial charge on any atom is 0.233 e. The van der Waals surface area contributed by atoms with E-state index in [-0.39, 0.29) is 17.5 Å². The van der Waals surface area contributed by atoms with E-state index in [1.165, 1.54) is 29.6 Å². The van der Waals surface area contributed by atoms with E-state index in [4.69, 9.17) is 4.74 Å². The molecule has 4 aromatic rings. The van der Waals surface area contributed by atoms with Gasteiger partial charge in [-0.05, 0) is 55.5 Å². The molecule has 190 valence electrons. The molecule has 1 unspecified atom stereocenters. The van der Waals surface area contributed by atoms with Crippen LogP contribution >= 0.6 is 11.8 Å². The Hall–Kier alpha value is -3.85. The van der Waals surface area contributed by atoms with Crippen LogP contribution in [0.4, 0.5) is 10.1 Å². The number of halogens is 1. The van der Waals surface area contributed by atoms with E-state index in [0.717, 1.165) is 18.8 Å². The number of ether oxygens (including phenoxy) is 1. The number of anilines is 1. The van der Waals surface area contributed by atoms with Crippen LogP contribution in [0.3, 0.4) is 0 Å². The van der Waals surface area contributed by atoms with Crippen molar-refractivity contribution in [2.24, 2.45) is 0 Å². The number of piperazine rings is 1. The van der Waals surface area contributed by atoms with E-state index in [9.17, 15) is 9.18 Å². The fourth-order valence-electron chi connectivity index (χ4n) is 4.30. The maximum absolute atomic E-state index is 13.3. The van der Waals surface area contributed by atoms with Crippen LogP contribution in [0.2, 0.25) is 0 Å². The van der Waals surface area contributed by atoms with Crippen LogP contribution in [0.15, 0.2) is 90.1 Å². The first kappa shape index (κ1) is 24.8. The summed E-state index contributed by atoms with van der Waals surface area (Å²) in [7, 11) is 0. The Labute approximate surface area is 219 Å².